The van der Waals surface area contributed by atoms with Crippen LogP contribution in [0.2, 0.25) is 0 Å². The molecule has 1 saturated carbocycles. The van der Waals surface area contributed by atoms with E-state index in [0.29, 0.717) is 36.0 Å². The van der Waals surface area contributed by atoms with Gasteiger partial charge in [-0.2, -0.15) is 0 Å². The van der Waals surface area contributed by atoms with Gasteiger partial charge < -0.3 is 20.2 Å². The zero-order valence-electron chi connectivity index (χ0n) is 14.5. The summed E-state index contributed by atoms with van der Waals surface area (Å²) in [4.78, 5) is 29.9. The Morgan fingerprint density at radius 3 is 2.52 bits per heavy atom. The Morgan fingerprint density at radius 1 is 1.28 bits per heavy atom. The van der Waals surface area contributed by atoms with E-state index in [4.69, 9.17) is 0 Å². The zero-order valence-corrected chi connectivity index (χ0v) is 14.5. The van der Waals surface area contributed by atoms with Crippen molar-refractivity contribution in [2.75, 3.05) is 18.0 Å². The topological polar surface area (TPSA) is 111 Å². The van der Waals surface area contributed by atoms with Gasteiger partial charge in [-0.15, -0.1) is 0 Å². The minimum atomic E-state index is -1.27. The van der Waals surface area contributed by atoms with Gasteiger partial charge >= 0.3 is 11.9 Å². The third-order valence-electron chi connectivity index (χ3n) is 5.40. The highest BCUT2D eigenvalue weighted by molar-refractivity contribution is 5.95. The quantitative estimate of drug-likeness (QED) is 0.744. The Bertz CT molecular complexity index is 716. The maximum Gasteiger partial charge on any atom is 0.339 e. The van der Waals surface area contributed by atoms with Gasteiger partial charge in [0.2, 0.25) is 0 Å². The van der Waals surface area contributed by atoms with Gasteiger partial charge in [0.05, 0.1) is 6.10 Å². The van der Waals surface area contributed by atoms with E-state index < -0.39 is 23.5 Å². The molecule has 2 fully saturated rings. The van der Waals surface area contributed by atoms with Crippen molar-refractivity contribution in [1.82, 2.24) is 4.98 Å². The summed E-state index contributed by atoms with van der Waals surface area (Å²) in [7, 11) is 0. The number of carboxylic acid groups (broad SMARTS) is 2. The Hall–Kier alpha value is -2.15. The molecule has 1 aromatic heterocycles. The molecule has 0 amide bonds. The number of carboxylic acids is 2. The van der Waals surface area contributed by atoms with Gasteiger partial charge in [-0.3, -0.25) is 4.79 Å². The number of anilines is 1. The molecule has 136 valence electrons. The van der Waals surface area contributed by atoms with E-state index >= 15 is 0 Å². The van der Waals surface area contributed by atoms with E-state index in [2.05, 4.69) is 4.98 Å². The van der Waals surface area contributed by atoms with Crippen LogP contribution in [-0.2, 0) is 4.79 Å². The van der Waals surface area contributed by atoms with Crippen LogP contribution in [-0.4, -0.2) is 51.4 Å². The molecule has 3 N–H and O–H groups in total. The first-order valence-electron chi connectivity index (χ1n) is 8.62. The monoisotopic (exact) mass is 348 g/mol. The normalized spacial score (nSPS) is 26.5. The van der Waals surface area contributed by atoms with Gasteiger partial charge in [0.15, 0.2) is 0 Å². The van der Waals surface area contributed by atoms with Crippen molar-refractivity contribution in [3.8, 4) is 0 Å². The van der Waals surface area contributed by atoms with E-state index in [0.717, 1.165) is 12.8 Å². The number of aliphatic hydroxyl groups is 1. The average molecular weight is 348 g/mol. The van der Waals surface area contributed by atoms with E-state index in [9.17, 15) is 24.9 Å². The molecule has 1 aromatic rings. The van der Waals surface area contributed by atoms with E-state index in [-0.39, 0.29) is 18.5 Å². The molecule has 7 nitrogen and oxygen atoms in total. The van der Waals surface area contributed by atoms with E-state index in [1.165, 1.54) is 0 Å². The molecule has 0 aromatic carbocycles. The molecule has 1 aliphatic carbocycles. The fourth-order valence-electron chi connectivity index (χ4n) is 3.91. The molecule has 2 heterocycles. The number of nitrogens with zero attached hydrogens (tertiary/aromatic N) is 2. The molecule has 1 aliphatic heterocycles. The molecule has 2 aliphatic rings. The third kappa shape index (κ3) is 3.20. The van der Waals surface area contributed by atoms with Crippen molar-refractivity contribution >= 4 is 17.8 Å². The second-order valence-corrected chi connectivity index (χ2v) is 7.42. The summed E-state index contributed by atoms with van der Waals surface area (Å²) in [6.07, 6.45) is 1.76. The number of aryl methyl sites for hydroxylation is 2. The standard InChI is InChI=1S/C18H24N2O5/c1-10-7-11(2)19-15(14(10)16(22)23)20-6-5-13(21)18(9-20,17(24)25)8-12-3-4-12/h7,12-13,21H,3-6,8-9H2,1-2H3,(H,22,23)(H,24,25)/t13-,18-/m0/s1. The molecule has 0 unspecified atom stereocenters. The summed E-state index contributed by atoms with van der Waals surface area (Å²) in [5.41, 5.74) is 0.123. The smallest absolute Gasteiger partial charge is 0.339 e. The van der Waals surface area contributed by atoms with Gasteiger partial charge in [-0.05, 0) is 44.2 Å². The predicted molar refractivity (Wildman–Crippen MR) is 90.9 cm³/mol. The largest absolute Gasteiger partial charge is 0.481 e. The Kier molecular flexibility index (Phi) is 4.45. The maximum absolute atomic E-state index is 12.1. The number of piperidine rings is 1. The minimum Gasteiger partial charge on any atom is -0.481 e. The van der Waals surface area contributed by atoms with Crippen LogP contribution in [0, 0.1) is 25.2 Å². The number of aliphatic carboxylic acids is 1. The van der Waals surface area contributed by atoms with Crippen LogP contribution in [0.5, 0.6) is 0 Å². The number of rotatable bonds is 5. The predicted octanol–water partition coefficient (Wildman–Crippen LogP) is 1.84. The van der Waals surface area contributed by atoms with Crippen molar-refractivity contribution in [2.24, 2.45) is 11.3 Å². The minimum absolute atomic E-state index is 0.0795. The lowest BCUT2D eigenvalue weighted by atomic mass is 9.73. The summed E-state index contributed by atoms with van der Waals surface area (Å²) in [5.74, 6) is -1.46. The number of pyridine rings is 1. The molecule has 0 spiro atoms. The van der Waals surface area contributed by atoms with Crippen molar-refractivity contribution < 1.29 is 24.9 Å². The first-order valence-corrected chi connectivity index (χ1v) is 8.62. The first-order chi connectivity index (χ1) is 11.7. The van der Waals surface area contributed by atoms with Crippen molar-refractivity contribution in [3.05, 3.63) is 22.9 Å². The first kappa shape index (κ1) is 17.7. The fourth-order valence-corrected chi connectivity index (χ4v) is 3.91. The lowest BCUT2D eigenvalue weighted by Gasteiger charge is -2.44. The van der Waals surface area contributed by atoms with Crippen LogP contribution in [0.1, 0.15) is 47.3 Å². The molecule has 3 rings (SSSR count). The summed E-state index contributed by atoms with van der Waals surface area (Å²) in [5, 5.41) is 29.9. The van der Waals surface area contributed by atoms with Crippen LogP contribution >= 0.6 is 0 Å². The Labute approximate surface area is 146 Å². The fraction of sp³-hybridized carbons (Fsp3) is 0.611. The van der Waals surface area contributed by atoms with Crippen molar-refractivity contribution in [1.29, 1.82) is 0 Å². The molecule has 25 heavy (non-hydrogen) atoms. The highest BCUT2D eigenvalue weighted by Gasteiger charge is 2.52. The Balaban J connectivity index is 2.01. The molecule has 0 bridgehead atoms. The third-order valence-corrected chi connectivity index (χ3v) is 5.40. The van der Waals surface area contributed by atoms with Crippen LogP contribution in [0.3, 0.4) is 0 Å². The summed E-state index contributed by atoms with van der Waals surface area (Å²) in [6, 6.07) is 1.71. The number of aromatic nitrogens is 1. The molecule has 1 saturated heterocycles. The SMILES string of the molecule is Cc1cc(C)c(C(=O)O)c(N2CC[C@H](O)[C@@](CC3CC3)(C(=O)O)C2)n1. The van der Waals surface area contributed by atoms with Gasteiger partial charge in [0, 0.05) is 18.8 Å². The van der Waals surface area contributed by atoms with Crippen LogP contribution < -0.4 is 4.90 Å². The van der Waals surface area contributed by atoms with Crippen LogP contribution in [0.4, 0.5) is 5.82 Å². The Morgan fingerprint density at radius 2 is 1.96 bits per heavy atom. The summed E-state index contributed by atoms with van der Waals surface area (Å²) < 4.78 is 0. The van der Waals surface area contributed by atoms with Gasteiger partial charge in [0.25, 0.3) is 0 Å². The number of aromatic carboxylic acids is 1. The van der Waals surface area contributed by atoms with Crippen molar-refractivity contribution in [2.45, 2.75) is 45.6 Å². The molecular weight excluding hydrogens is 324 g/mol. The molecule has 7 heteroatoms. The molecule has 0 radical (unpaired) electrons. The molecule has 2 atom stereocenters. The highest BCUT2D eigenvalue weighted by Crippen LogP contribution is 2.46. The maximum atomic E-state index is 12.1. The zero-order chi connectivity index (χ0) is 18.4. The second-order valence-electron chi connectivity index (χ2n) is 7.42. The number of carbonyl (C=O) groups is 2. The van der Waals surface area contributed by atoms with Crippen molar-refractivity contribution in [3.63, 3.8) is 0 Å². The van der Waals surface area contributed by atoms with E-state index in [1.807, 2.05) is 0 Å². The highest BCUT2D eigenvalue weighted by atomic mass is 16.4. The van der Waals surface area contributed by atoms with Crippen LogP contribution in [0.25, 0.3) is 0 Å². The molecular formula is C18H24N2O5. The number of hydrogen-bond donors (Lipinski definition) is 3. The number of aliphatic hydroxyl groups excluding tert-OH is 1. The lowest BCUT2D eigenvalue weighted by Crippen LogP contribution is -2.56. The van der Waals surface area contributed by atoms with Gasteiger partial charge in [-0.25, -0.2) is 9.78 Å². The average Bonchev–Trinajstić information content (AvgIpc) is 3.31. The summed E-state index contributed by atoms with van der Waals surface area (Å²) in [6.45, 7) is 3.97. The summed E-state index contributed by atoms with van der Waals surface area (Å²) >= 11 is 0. The van der Waals surface area contributed by atoms with Gasteiger partial charge in [-0.1, -0.05) is 12.8 Å². The van der Waals surface area contributed by atoms with Crippen LogP contribution in [0.15, 0.2) is 6.07 Å². The van der Waals surface area contributed by atoms with E-state index in [1.54, 1.807) is 24.8 Å². The lowest BCUT2D eigenvalue weighted by molar-refractivity contribution is -0.158. The van der Waals surface area contributed by atoms with Gasteiger partial charge in [0.1, 0.15) is 16.8 Å². The second kappa shape index (κ2) is 6.29. The number of hydrogen-bond acceptors (Lipinski definition) is 5.